The summed E-state index contributed by atoms with van der Waals surface area (Å²) in [6, 6.07) is 9.14. The third-order valence-electron chi connectivity index (χ3n) is 4.31. The first-order valence-corrected chi connectivity index (χ1v) is 7.88. The number of halogens is 4. The van der Waals surface area contributed by atoms with Gasteiger partial charge in [0.15, 0.2) is 0 Å². The van der Waals surface area contributed by atoms with Crippen LogP contribution >= 0.6 is 0 Å². The Morgan fingerprint density at radius 2 is 1.67 bits per heavy atom. The van der Waals surface area contributed by atoms with Crippen LogP contribution in [0.2, 0.25) is 0 Å². The van der Waals surface area contributed by atoms with E-state index in [0.29, 0.717) is 23.3 Å². The van der Waals surface area contributed by atoms with Gasteiger partial charge in [0.05, 0.1) is 18.8 Å². The van der Waals surface area contributed by atoms with Gasteiger partial charge in [-0.25, -0.2) is 4.39 Å². The molecular formula is C18H12F4N2O3. The predicted octanol–water partition coefficient (Wildman–Crippen LogP) is 3.78. The first-order valence-electron chi connectivity index (χ1n) is 7.88. The molecule has 0 bridgehead atoms. The zero-order chi connectivity index (χ0) is 19.2. The molecule has 0 atom stereocenters. The minimum absolute atomic E-state index is 0.0345. The van der Waals surface area contributed by atoms with Crippen LogP contribution in [-0.4, -0.2) is 28.5 Å². The first-order chi connectivity index (χ1) is 12.8. The van der Waals surface area contributed by atoms with Crippen LogP contribution in [0.3, 0.4) is 0 Å². The van der Waals surface area contributed by atoms with Gasteiger partial charge >= 0.3 is 6.18 Å². The Morgan fingerprint density at radius 3 is 2.22 bits per heavy atom. The van der Waals surface area contributed by atoms with Crippen molar-refractivity contribution in [3.05, 3.63) is 59.4 Å². The van der Waals surface area contributed by atoms with Gasteiger partial charge in [-0.05, 0) is 29.8 Å². The summed E-state index contributed by atoms with van der Waals surface area (Å²) in [6.45, 7) is 0.438. The number of hydrogen-bond acceptors (Lipinski definition) is 5. The van der Waals surface area contributed by atoms with Crippen molar-refractivity contribution in [2.75, 3.05) is 13.2 Å². The number of nitrogens with zero attached hydrogens (tertiary/aromatic N) is 2. The Balaban J connectivity index is 1.59. The number of benzene rings is 2. The fourth-order valence-electron chi connectivity index (χ4n) is 2.73. The van der Waals surface area contributed by atoms with Gasteiger partial charge in [-0.2, -0.15) is 18.2 Å². The molecule has 27 heavy (non-hydrogen) atoms. The van der Waals surface area contributed by atoms with Crippen LogP contribution in [0.5, 0.6) is 0 Å². The molecule has 1 fully saturated rings. The highest BCUT2D eigenvalue weighted by Gasteiger charge is 2.38. The molecule has 0 unspecified atom stereocenters. The molecule has 0 amide bonds. The van der Waals surface area contributed by atoms with E-state index >= 15 is 0 Å². The van der Waals surface area contributed by atoms with E-state index in [9.17, 15) is 22.7 Å². The second kappa shape index (κ2) is 6.14. The molecule has 1 aromatic heterocycles. The maximum Gasteiger partial charge on any atom is 0.419 e. The van der Waals surface area contributed by atoms with Crippen molar-refractivity contribution in [3.63, 3.8) is 0 Å². The molecule has 1 saturated heterocycles. The van der Waals surface area contributed by atoms with E-state index in [0.717, 1.165) is 6.07 Å². The lowest BCUT2D eigenvalue weighted by Crippen LogP contribution is -2.46. The van der Waals surface area contributed by atoms with E-state index in [1.807, 2.05) is 0 Å². The number of rotatable bonds is 3. The van der Waals surface area contributed by atoms with Gasteiger partial charge in [-0.3, -0.25) is 0 Å². The molecule has 2 aromatic carbocycles. The van der Waals surface area contributed by atoms with Gasteiger partial charge in [-0.1, -0.05) is 23.4 Å². The third kappa shape index (κ3) is 3.19. The van der Waals surface area contributed by atoms with Crippen LogP contribution < -0.4 is 0 Å². The molecule has 9 heteroatoms. The van der Waals surface area contributed by atoms with Crippen molar-refractivity contribution in [1.82, 2.24) is 10.1 Å². The topological polar surface area (TPSA) is 68.4 Å². The summed E-state index contributed by atoms with van der Waals surface area (Å²) in [5.41, 5.74) is -1.07. The minimum atomic E-state index is -4.78. The zero-order valence-corrected chi connectivity index (χ0v) is 13.6. The highest BCUT2D eigenvalue weighted by atomic mass is 19.4. The molecule has 1 aliphatic heterocycles. The lowest BCUT2D eigenvalue weighted by atomic mass is 9.91. The molecule has 5 nitrogen and oxygen atoms in total. The molecule has 1 N–H and O–H groups in total. The van der Waals surface area contributed by atoms with Crippen LogP contribution in [0.15, 0.2) is 47.0 Å². The molecular weight excluding hydrogens is 368 g/mol. The average molecular weight is 380 g/mol. The molecule has 0 spiro atoms. The van der Waals surface area contributed by atoms with Gasteiger partial charge in [0.2, 0.25) is 5.82 Å². The SMILES string of the molecule is OC1(c2ccc(-c3nc(-c4ccc(C(F)(F)F)c(F)c4)no3)cc2)COC1. The fraction of sp³-hybridized carbons (Fsp3) is 0.222. The molecule has 1 aliphatic rings. The molecule has 4 rings (SSSR count). The maximum absolute atomic E-state index is 13.7. The summed E-state index contributed by atoms with van der Waals surface area (Å²) >= 11 is 0. The second-order valence-corrected chi connectivity index (χ2v) is 6.22. The van der Waals surface area contributed by atoms with Gasteiger partial charge in [0, 0.05) is 11.1 Å². The first kappa shape index (κ1) is 17.6. The van der Waals surface area contributed by atoms with Gasteiger partial charge in [0.25, 0.3) is 5.89 Å². The smallest absolute Gasteiger partial charge is 0.380 e. The van der Waals surface area contributed by atoms with Crippen LogP contribution in [0.25, 0.3) is 22.8 Å². The fourth-order valence-corrected chi connectivity index (χ4v) is 2.73. The van der Waals surface area contributed by atoms with Crippen LogP contribution in [-0.2, 0) is 16.5 Å². The number of alkyl halides is 3. The molecule has 0 saturated carbocycles. The average Bonchev–Trinajstić information content (AvgIpc) is 3.09. The Bertz CT molecular complexity index is 979. The summed E-state index contributed by atoms with van der Waals surface area (Å²) in [7, 11) is 0. The highest BCUT2D eigenvalue weighted by molar-refractivity contribution is 5.60. The van der Waals surface area contributed by atoms with E-state index in [1.165, 1.54) is 0 Å². The van der Waals surface area contributed by atoms with E-state index < -0.39 is 23.2 Å². The summed E-state index contributed by atoms with van der Waals surface area (Å²) in [5, 5.41) is 13.9. The van der Waals surface area contributed by atoms with E-state index in [1.54, 1.807) is 24.3 Å². The van der Waals surface area contributed by atoms with Gasteiger partial charge in [0.1, 0.15) is 11.4 Å². The summed E-state index contributed by atoms with van der Waals surface area (Å²) in [4.78, 5) is 4.10. The van der Waals surface area contributed by atoms with Crippen LogP contribution in [0.1, 0.15) is 11.1 Å². The predicted molar refractivity (Wildman–Crippen MR) is 84.8 cm³/mol. The van der Waals surface area contributed by atoms with Crippen molar-refractivity contribution in [2.45, 2.75) is 11.8 Å². The van der Waals surface area contributed by atoms with Crippen molar-refractivity contribution >= 4 is 0 Å². The van der Waals surface area contributed by atoms with E-state index in [-0.39, 0.29) is 30.5 Å². The summed E-state index contributed by atoms with van der Waals surface area (Å²) in [5.74, 6) is -1.33. The lowest BCUT2D eigenvalue weighted by Gasteiger charge is -2.36. The monoisotopic (exact) mass is 380 g/mol. The van der Waals surface area contributed by atoms with Crippen molar-refractivity contribution in [1.29, 1.82) is 0 Å². The number of hydrogen-bond donors (Lipinski definition) is 1. The highest BCUT2D eigenvalue weighted by Crippen LogP contribution is 2.34. The second-order valence-electron chi connectivity index (χ2n) is 6.22. The number of aromatic nitrogens is 2. The Kier molecular flexibility index (Phi) is 4.01. The van der Waals surface area contributed by atoms with Gasteiger partial charge < -0.3 is 14.4 Å². The van der Waals surface area contributed by atoms with E-state index in [2.05, 4.69) is 10.1 Å². The number of ether oxygens (including phenoxy) is 1. The van der Waals surface area contributed by atoms with E-state index in [4.69, 9.17) is 9.26 Å². The Morgan fingerprint density at radius 1 is 1.00 bits per heavy atom. The normalized spacial score (nSPS) is 16.2. The summed E-state index contributed by atoms with van der Waals surface area (Å²) in [6.07, 6.45) is -4.78. The van der Waals surface area contributed by atoms with Crippen molar-refractivity contribution in [3.8, 4) is 22.8 Å². The quantitative estimate of drug-likeness (QED) is 0.701. The lowest BCUT2D eigenvalue weighted by molar-refractivity contribution is -0.184. The minimum Gasteiger partial charge on any atom is -0.380 e. The molecule has 3 aromatic rings. The molecule has 2 heterocycles. The molecule has 0 radical (unpaired) electrons. The van der Waals surface area contributed by atoms with Crippen molar-refractivity contribution in [2.24, 2.45) is 0 Å². The standard InChI is InChI=1S/C18H12F4N2O3/c19-14-7-11(3-6-13(14)18(20,21)22)15-23-16(27-24-15)10-1-4-12(5-2-10)17(25)8-26-9-17/h1-7,25H,8-9H2. The van der Waals surface area contributed by atoms with Crippen LogP contribution in [0.4, 0.5) is 17.6 Å². The summed E-state index contributed by atoms with van der Waals surface area (Å²) < 4.78 is 61.8. The van der Waals surface area contributed by atoms with Gasteiger partial charge in [-0.15, -0.1) is 0 Å². The Labute approximate surface area is 150 Å². The van der Waals surface area contributed by atoms with Crippen LogP contribution in [0, 0.1) is 5.82 Å². The maximum atomic E-state index is 13.7. The molecule has 140 valence electrons. The Hall–Kier alpha value is -2.78. The molecule has 0 aliphatic carbocycles. The third-order valence-corrected chi connectivity index (χ3v) is 4.31. The zero-order valence-electron chi connectivity index (χ0n) is 13.6. The number of aliphatic hydroxyl groups is 1. The van der Waals surface area contributed by atoms with Crippen molar-refractivity contribution < 1.29 is 31.9 Å². The largest absolute Gasteiger partial charge is 0.419 e.